The quantitative estimate of drug-likeness (QED) is 0.0845. The van der Waals surface area contributed by atoms with Crippen LogP contribution in [0.5, 0.6) is 0 Å². The van der Waals surface area contributed by atoms with Gasteiger partial charge in [-0.3, -0.25) is 0 Å². The number of hydrogen-bond donors (Lipinski definition) is 0. The third kappa shape index (κ3) is 16.4. The Kier molecular flexibility index (Phi) is 22.7. The zero-order valence-corrected chi connectivity index (χ0v) is 47.5. The van der Waals surface area contributed by atoms with E-state index in [0.29, 0.717) is 0 Å². The number of benzene rings is 12. The van der Waals surface area contributed by atoms with Crippen molar-refractivity contribution in [3.8, 4) is 0 Å². The van der Waals surface area contributed by atoms with Gasteiger partial charge < -0.3 is 2.85 Å². The second kappa shape index (κ2) is 31.2. The topological polar surface area (TPSA) is 0 Å². The van der Waals surface area contributed by atoms with Crippen LogP contribution in [0.2, 0.25) is 0 Å². The van der Waals surface area contributed by atoms with Gasteiger partial charge in [-0.05, 0) is 95.3 Å². The van der Waals surface area contributed by atoms with Crippen LogP contribution < -0.4 is 63.7 Å². The van der Waals surface area contributed by atoms with Crippen molar-refractivity contribution in [2.45, 2.75) is 0 Å². The van der Waals surface area contributed by atoms with Crippen LogP contribution in [0.1, 0.15) is 2.85 Å². The monoisotopic (exact) mass is 1110 g/mol. The van der Waals surface area contributed by atoms with Gasteiger partial charge in [0.25, 0.3) is 0 Å². The normalized spacial score (nSPS) is 10.4. The fourth-order valence-electron chi connectivity index (χ4n) is 8.71. The molecule has 12 aromatic carbocycles. The predicted molar refractivity (Wildman–Crippen MR) is 343 cm³/mol. The largest absolute Gasteiger partial charge is 2.00 e. The van der Waals surface area contributed by atoms with Gasteiger partial charge in [0, 0.05) is 0 Å². The maximum Gasteiger partial charge on any atom is 2.00 e. The van der Waals surface area contributed by atoms with Gasteiger partial charge in [0.05, 0.1) is 0 Å². The van der Waals surface area contributed by atoms with Crippen molar-refractivity contribution in [3.05, 3.63) is 364 Å². The van der Waals surface area contributed by atoms with Gasteiger partial charge in [-0.1, -0.05) is 364 Å². The summed E-state index contributed by atoms with van der Waals surface area (Å²) in [6.07, 6.45) is 0. The summed E-state index contributed by atoms with van der Waals surface area (Å²) in [5.74, 6) is 0. The van der Waals surface area contributed by atoms with Crippen molar-refractivity contribution in [2.75, 3.05) is 0 Å². The molecule has 0 aromatic heterocycles. The standard InChI is InChI=1S/4C18H15P.Fe.2H/c4*1-4-10-16(11-5-1)19(17-12-6-2-7-13-17)18-14-8-3-9-15-18;;;/h4*1-15H;;;/q;;;;+2;2*-1. The molecule has 0 nitrogen and oxygen atoms in total. The Morgan fingerprint density at radius 3 is 0.247 bits per heavy atom. The van der Waals surface area contributed by atoms with E-state index >= 15 is 0 Å². The van der Waals surface area contributed by atoms with Crippen LogP contribution in [0.25, 0.3) is 0 Å². The summed E-state index contributed by atoms with van der Waals surface area (Å²) in [6, 6.07) is 129. The molecule has 12 aromatic rings. The van der Waals surface area contributed by atoms with Gasteiger partial charge in [-0.15, -0.1) is 0 Å². The summed E-state index contributed by atoms with van der Waals surface area (Å²) in [5, 5.41) is 16.8. The molecule has 0 fully saturated rings. The van der Waals surface area contributed by atoms with Gasteiger partial charge >= 0.3 is 17.1 Å². The molecule has 12 rings (SSSR count). The summed E-state index contributed by atoms with van der Waals surface area (Å²) in [6.45, 7) is 0. The van der Waals surface area contributed by atoms with Crippen LogP contribution in [-0.4, -0.2) is 0 Å². The van der Waals surface area contributed by atoms with E-state index in [-0.39, 0.29) is 19.9 Å². The van der Waals surface area contributed by atoms with Gasteiger partial charge in [0.15, 0.2) is 0 Å². The Morgan fingerprint density at radius 2 is 0.182 bits per heavy atom. The smallest absolute Gasteiger partial charge is 1.00 e. The molecule has 0 unspecified atom stereocenters. The summed E-state index contributed by atoms with van der Waals surface area (Å²) < 4.78 is 0. The minimum absolute atomic E-state index is 0. The molecule has 0 spiro atoms. The number of hydrogen-bond acceptors (Lipinski definition) is 0. The first kappa shape index (κ1) is 56.1. The van der Waals surface area contributed by atoms with E-state index < -0.39 is 31.7 Å². The maximum absolute atomic E-state index is 2.23. The minimum Gasteiger partial charge on any atom is -1.00 e. The van der Waals surface area contributed by atoms with Crippen molar-refractivity contribution < 1.29 is 19.9 Å². The molecule has 0 aliphatic heterocycles. The zero-order valence-electron chi connectivity index (χ0n) is 44.8. The van der Waals surface area contributed by atoms with E-state index in [9.17, 15) is 0 Å². The molecule has 0 aliphatic carbocycles. The van der Waals surface area contributed by atoms with E-state index in [0.717, 1.165) is 0 Å². The molecule has 5 heteroatoms. The van der Waals surface area contributed by atoms with Crippen LogP contribution in [0.4, 0.5) is 0 Å². The first-order valence-corrected chi connectivity index (χ1v) is 31.0. The van der Waals surface area contributed by atoms with E-state index in [4.69, 9.17) is 0 Å². The van der Waals surface area contributed by atoms with E-state index in [1.54, 1.807) is 0 Å². The van der Waals surface area contributed by atoms with Crippen molar-refractivity contribution in [2.24, 2.45) is 0 Å². The minimum atomic E-state index is -0.446. The third-order valence-corrected chi connectivity index (χ3v) is 21.9. The van der Waals surface area contributed by atoms with Crippen LogP contribution in [0.3, 0.4) is 0 Å². The molecule has 0 aliphatic rings. The second-order valence-corrected chi connectivity index (χ2v) is 26.2. The SMILES string of the molecule is [Fe+2].[H-].[H-].c1ccc(P(c2ccccc2)c2ccccc2)cc1.c1ccc(P(c2ccccc2)c2ccccc2)cc1.c1ccc(P(c2ccccc2)c2ccccc2)cc1.c1ccc(P(c2ccccc2)c2ccccc2)cc1. The molecule has 77 heavy (non-hydrogen) atoms. The Labute approximate surface area is 476 Å². The van der Waals surface area contributed by atoms with Gasteiger partial charge in [0.1, 0.15) is 0 Å². The van der Waals surface area contributed by atoms with Crippen molar-refractivity contribution in [1.29, 1.82) is 0 Å². The fourth-order valence-corrected chi connectivity index (χ4v) is 17.9. The van der Waals surface area contributed by atoms with Crippen molar-refractivity contribution >= 4 is 95.3 Å². The molecular weight excluding hydrogens is 1040 g/mol. The molecule has 378 valence electrons. The van der Waals surface area contributed by atoms with Gasteiger partial charge in [-0.2, -0.15) is 0 Å². The first-order valence-electron chi connectivity index (χ1n) is 25.6. The first-order chi connectivity index (χ1) is 37.8. The Morgan fingerprint density at radius 1 is 0.117 bits per heavy atom. The fraction of sp³-hybridized carbons (Fsp3) is 0. The predicted octanol–water partition coefficient (Wildman–Crippen LogP) is 14.0. The number of rotatable bonds is 12. The van der Waals surface area contributed by atoms with Crippen molar-refractivity contribution in [3.63, 3.8) is 0 Å². The van der Waals surface area contributed by atoms with Gasteiger partial charge in [0.2, 0.25) is 0 Å². The van der Waals surface area contributed by atoms with Crippen LogP contribution in [0.15, 0.2) is 364 Å². The maximum atomic E-state index is 2.23. The van der Waals surface area contributed by atoms with Gasteiger partial charge in [-0.25, -0.2) is 0 Å². The van der Waals surface area contributed by atoms with Crippen LogP contribution in [0, 0.1) is 0 Å². The zero-order chi connectivity index (χ0) is 51.7. The molecule has 0 N–H and O–H groups in total. The second-order valence-electron chi connectivity index (χ2n) is 17.4. The molecule has 0 atom stereocenters. The van der Waals surface area contributed by atoms with E-state index in [2.05, 4.69) is 364 Å². The van der Waals surface area contributed by atoms with Crippen LogP contribution >= 0.6 is 31.7 Å². The molecule has 0 saturated heterocycles. The van der Waals surface area contributed by atoms with Crippen LogP contribution in [-0.2, 0) is 17.1 Å². The molecular formula is C72H62FeP4. The molecule has 0 radical (unpaired) electrons. The summed E-state index contributed by atoms with van der Waals surface area (Å²) in [7, 11) is -1.78. The summed E-state index contributed by atoms with van der Waals surface area (Å²) in [4.78, 5) is 0. The molecule has 0 bridgehead atoms. The molecule has 0 amide bonds. The Hall–Kier alpha value is -7.12. The Balaban J connectivity index is 0.000000168. The van der Waals surface area contributed by atoms with E-state index in [1.807, 2.05) is 0 Å². The third-order valence-electron chi connectivity index (χ3n) is 12.2. The summed E-state index contributed by atoms with van der Waals surface area (Å²) >= 11 is 0. The summed E-state index contributed by atoms with van der Waals surface area (Å²) in [5.41, 5.74) is 0. The molecule has 0 heterocycles. The Bertz CT molecular complexity index is 2590. The van der Waals surface area contributed by atoms with E-state index in [1.165, 1.54) is 63.7 Å². The molecule has 0 saturated carbocycles. The van der Waals surface area contributed by atoms with Crippen molar-refractivity contribution in [1.82, 2.24) is 0 Å². The average molecular weight is 1110 g/mol. The average Bonchev–Trinajstić information content (AvgIpc) is 3.51.